The van der Waals surface area contributed by atoms with Crippen molar-refractivity contribution in [1.82, 2.24) is 5.32 Å². The molecule has 1 aromatic rings. The molecule has 6 nitrogen and oxygen atoms in total. The van der Waals surface area contributed by atoms with Crippen molar-refractivity contribution >= 4 is 17.7 Å². The van der Waals surface area contributed by atoms with Crippen LogP contribution in [0.2, 0.25) is 0 Å². The Hall–Kier alpha value is -2.08. The van der Waals surface area contributed by atoms with Gasteiger partial charge in [-0.05, 0) is 36.6 Å². The molecule has 4 N–H and O–H groups in total. The van der Waals surface area contributed by atoms with Crippen LogP contribution in [-0.2, 0) is 11.2 Å². The third kappa shape index (κ3) is 4.59. The molecule has 0 aromatic heterocycles. The number of aliphatic hydroxyl groups is 1. The number of aryl methyl sites for hydroxylation is 2. The number of urea groups is 1. The summed E-state index contributed by atoms with van der Waals surface area (Å²) >= 11 is 0. The number of hydrogen-bond donors (Lipinski definition) is 4. The molecule has 1 unspecified atom stereocenters. The van der Waals surface area contributed by atoms with E-state index < -0.39 is 18.1 Å². The van der Waals surface area contributed by atoms with Crippen molar-refractivity contribution in [2.45, 2.75) is 26.4 Å². The quantitative estimate of drug-likeness (QED) is 0.642. The fourth-order valence-corrected chi connectivity index (χ4v) is 1.62. The fraction of sp³-hybridized carbons (Fsp3) is 0.385. The zero-order valence-corrected chi connectivity index (χ0v) is 10.9. The summed E-state index contributed by atoms with van der Waals surface area (Å²) in [4.78, 5) is 21.8. The first kappa shape index (κ1) is 15.0. The van der Waals surface area contributed by atoms with Crippen molar-refractivity contribution in [3.8, 4) is 0 Å². The highest BCUT2D eigenvalue weighted by atomic mass is 16.4. The predicted molar refractivity (Wildman–Crippen MR) is 71.2 cm³/mol. The second-order valence-electron chi connectivity index (χ2n) is 4.18. The van der Waals surface area contributed by atoms with Crippen LogP contribution in [-0.4, -0.2) is 34.9 Å². The summed E-state index contributed by atoms with van der Waals surface area (Å²) in [6.45, 7) is 3.67. The van der Waals surface area contributed by atoms with Gasteiger partial charge in [-0.1, -0.05) is 13.0 Å². The molecular weight excluding hydrogens is 248 g/mol. The molecule has 0 saturated carbocycles. The number of carboxylic acid groups (broad SMARTS) is 1. The van der Waals surface area contributed by atoms with Gasteiger partial charge in [0.2, 0.25) is 0 Å². The van der Waals surface area contributed by atoms with Gasteiger partial charge in [-0.15, -0.1) is 0 Å². The SMILES string of the molecule is CCc1ccc(NC(=O)NCC(O)C(=O)O)cc1C. The maximum atomic E-state index is 11.5. The van der Waals surface area contributed by atoms with E-state index in [0.29, 0.717) is 5.69 Å². The van der Waals surface area contributed by atoms with E-state index in [-0.39, 0.29) is 6.54 Å². The second-order valence-corrected chi connectivity index (χ2v) is 4.18. The van der Waals surface area contributed by atoms with Gasteiger partial charge in [0.05, 0.1) is 6.54 Å². The lowest BCUT2D eigenvalue weighted by Crippen LogP contribution is -2.38. The first-order valence-electron chi connectivity index (χ1n) is 5.99. The molecule has 19 heavy (non-hydrogen) atoms. The van der Waals surface area contributed by atoms with E-state index >= 15 is 0 Å². The van der Waals surface area contributed by atoms with Crippen molar-refractivity contribution in [3.05, 3.63) is 29.3 Å². The van der Waals surface area contributed by atoms with Crippen LogP contribution in [0, 0.1) is 6.92 Å². The Morgan fingerprint density at radius 2 is 2.05 bits per heavy atom. The van der Waals surface area contributed by atoms with Crippen molar-refractivity contribution in [2.75, 3.05) is 11.9 Å². The van der Waals surface area contributed by atoms with Crippen molar-refractivity contribution in [3.63, 3.8) is 0 Å². The van der Waals surface area contributed by atoms with Gasteiger partial charge in [-0.3, -0.25) is 0 Å². The van der Waals surface area contributed by atoms with E-state index in [0.717, 1.165) is 12.0 Å². The predicted octanol–water partition coefficient (Wildman–Crippen LogP) is 1.12. The Kier molecular flexibility index (Phi) is 5.32. The number of anilines is 1. The zero-order valence-electron chi connectivity index (χ0n) is 10.9. The van der Waals surface area contributed by atoms with Crippen LogP contribution in [0.15, 0.2) is 18.2 Å². The molecule has 104 valence electrons. The molecule has 0 aliphatic rings. The van der Waals surface area contributed by atoms with Crippen LogP contribution in [0.1, 0.15) is 18.1 Å². The minimum absolute atomic E-state index is 0.340. The number of rotatable bonds is 5. The summed E-state index contributed by atoms with van der Waals surface area (Å²) in [7, 11) is 0. The summed E-state index contributed by atoms with van der Waals surface area (Å²) in [5, 5.41) is 22.3. The highest BCUT2D eigenvalue weighted by Crippen LogP contribution is 2.15. The van der Waals surface area contributed by atoms with Crippen molar-refractivity contribution < 1.29 is 19.8 Å². The second kappa shape index (κ2) is 6.75. The lowest BCUT2D eigenvalue weighted by atomic mass is 10.1. The Labute approximate surface area is 111 Å². The molecule has 0 aliphatic carbocycles. The van der Waals surface area contributed by atoms with Gasteiger partial charge in [0.25, 0.3) is 0 Å². The van der Waals surface area contributed by atoms with Gasteiger partial charge in [0.1, 0.15) is 0 Å². The van der Waals surface area contributed by atoms with Gasteiger partial charge in [-0.2, -0.15) is 0 Å². The van der Waals surface area contributed by atoms with Crippen molar-refractivity contribution in [2.24, 2.45) is 0 Å². The Bertz CT molecular complexity index is 474. The summed E-state index contributed by atoms with van der Waals surface area (Å²) in [6.07, 6.45) is -0.682. The average Bonchev–Trinajstić information content (AvgIpc) is 2.36. The zero-order chi connectivity index (χ0) is 14.4. The number of aliphatic hydroxyl groups excluding tert-OH is 1. The summed E-state index contributed by atoms with van der Waals surface area (Å²) in [6, 6.07) is 4.99. The fourth-order valence-electron chi connectivity index (χ4n) is 1.62. The average molecular weight is 266 g/mol. The molecule has 0 saturated heterocycles. The Morgan fingerprint density at radius 3 is 2.58 bits per heavy atom. The van der Waals surface area contributed by atoms with Crippen LogP contribution in [0.5, 0.6) is 0 Å². The number of carboxylic acids is 1. The lowest BCUT2D eigenvalue weighted by molar-refractivity contribution is -0.146. The van der Waals surface area contributed by atoms with E-state index in [1.165, 1.54) is 5.56 Å². The lowest BCUT2D eigenvalue weighted by Gasteiger charge is -2.11. The highest BCUT2D eigenvalue weighted by Gasteiger charge is 2.14. The molecule has 0 fully saturated rings. The first-order chi connectivity index (χ1) is 8.93. The van der Waals surface area contributed by atoms with Gasteiger partial charge in [0, 0.05) is 5.69 Å². The monoisotopic (exact) mass is 266 g/mol. The third-order valence-electron chi connectivity index (χ3n) is 2.72. The van der Waals surface area contributed by atoms with Crippen LogP contribution in [0.4, 0.5) is 10.5 Å². The summed E-state index contributed by atoms with van der Waals surface area (Å²) in [5.74, 6) is -1.37. The molecule has 0 aliphatic heterocycles. The number of nitrogens with one attached hydrogen (secondary N) is 2. The molecule has 2 amide bonds. The van der Waals surface area contributed by atoms with E-state index in [9.17, 15) is 9.59 Å². The molecule has 6 heteroatoms. The third-order valence-corrected chi connectivity index (χ3v) is 2.72. The minimum Gasteiger partial charge on any atom is -0.479 e. The molecule has 1 rings (SSSR count). The summed E-state index contributed by atoms with van der Waals surface area (Å²) < 4.78 is 0. The number of carbonyl (C=O) groups is 2. The van der Waals surface area contributed by atoms with Crippen LogP contribution in [0.25, 0.3) is 0 Å². The first-order valence-corrected chi connectivity index (χ1v) is 5.99. The molecule has 1 atom stereocenters. The Morgan fingerprint density at radius 1 is 1.37 bits per heavy atom. The number of carbonyl (C=O) groups excluding carboxylic acids is 1. The summed E-state index contributed by atoms with van der Waals surface area (Å²) in [5.41, 5.74) is 2.90. The van der Waals surface area contributed by atoms with Crippen LogP contribution in [0.3, 0.4) is 0 Å². The maximum absolute atomic E-state index is 11.5. The van der Waals surface area contributed by atoms with Gasteiger partial charge in [-0.25, -0.2) is 9.59 Å². The van der Waals surface area contributed by atoms with Gasteiger partial charge in [0.15, 0.2) is 6.10 Å². The molecular formula is C13H18N2O4. The van der Waals surface area contributed by atoms with E-state index in [4.69, 9.17) is 10.2 Å². The number of hydrogen-bond acceptors (Lipinski definition) is 3. The smallest absolute Gasteiger partial charge is 0.334 e. The van der Waals surface area contributed by atoms with E-state index in [2.05, 4.69) is 17.6 Å². The number of amides is 2. The van der Waals surface area contributed by atoms with Crippen LogP contribution >= 0.6 is 0 Å². The van der Waals surface area contributed by atoms with E-state index in [1.54, 1.807) is 6.07 Å². The molecule has 0 spiro atoms. The number of benzene rings is 1. The van der Waals surface area contributed by atoms with E-state index in [1.807, 2.05) is 19.1 Å². The minimum atomic E-state index is -1.60. The normalized spacial score (nSPS) is 11.7. The van der Waals surface area contributed by atoms with Crippen LogP contribution < -0.4 is 10.6 Å². The Balaban J connectivity index is 2.53. The molecule has 1 aromatic carbocycles. The topological polar surface area (TPSA) is 98.7 Å². The molecule has 0 heterocycles. The highest BCUT2D eigenvalue weighted by molar-refractivity contribution is 5.89. The van der Waals surface area contributed by atoms with Crippen molar-refractivity contribution in [1.29, 1.82) is 0 Å². The molecule has 0 bridgehead atoms. The maximum Gasteiger partial charge on any atom is 0.334 e. The largest absolute Gasteiger partial charge is 0.479 e. The number of aliphatic carboxylic acids is 1. The molecule has 0 radical (unpaired) electrons. The van der Waals surface area contributed by atoms with Gasteiger partial charge < -0.3 is 20.8 Å². The van der Waals surface area contributed by atoms with Gasteiger partial charge >= 0.3 is 12.0 Å². The standard InChI is InChI=1S/C13H18N2O4/c1-3-9-4-5-10(6-8(9)2)15-13(19)14-7-11(16)12(17)18/h4-6,11,16H,3,7H2,1-2H3,(H,17,18)(H2,14,15,19).